The number of rotatable bonds is 7. The van der Waals surface area contributed by atoms with Crippen LogP contribution in [0.1, 0.15) is 61.6 Å². The zero-order chi connectivity index (χ0) is 27.7. The monoisotopic (exact) mass is 538 g/mol. The van der Waals surface area contributed by atoms with E-state index < -0.39 is 15.9 Å². The van der Waals surface area contributed by atoms with Crippen molar-refractivity contribution in [3.05, 3.63) is 130 Å². The van der Waals surface area contributed by atoms with Crippen LogP contribution in [0.5, 0.6) is 0 Å². The second-order valence-corrected chi connectivity index (χ2v) is 11.5. The predicted octanol–water partition coefficient (Wildman–Crippen LogP) is 5.31. The van der Waals surface area contributed by atoms with Crippen LogP contribution in [0.4, 0.5) is 5.69 Å². The maximum Gasteiger partial charge on any atom is 0.255 e. The van der Waals surface area contributed by atoms with E-state index in [4.69, 9.17) is 0 Å². The molecule has 0 heterocycles. The first kappa shape index (κ1) is 26.2. The topological polar surface area (TPSA) is 101 Å². The van der Waals surface area contributed by atoms with Crippen molar-refractivity contribution in [2.45, 2.75) is 31.3 Å². The Morgan fingerprint density at radius 3 is 1.92 bits per heavy atom. The third kappa shape index (κ3) is 5.04. The molecule has 39 heavy (non-hydrogen) atoms. The average Bonchev–Trinajstić information content (AvgIpc) is 2.95. The predicted molar refractivity (Wildman–Crippen MR) is 148 cm³/mol. The molecule has 4 aromatic carbocycles. The van der Waals surface area contributed by atoms with E-state index in [1.54, 1.807) is 30.3 Å². The van der Waals surface area contributed by atoms with Crippen LogP contribution in [0, 0.1) is 0 Å². The van der Waals surface area contributed by atoms with Gasteiger partial charge in [0.05, 0.1) is 4.90 Å². The molecule has 1 N–H and O–H groups in total. The molecule has 1 aliphatic rings. The molecule has 4 aromatic rings. The van der Waals surface area contributed by atoms with E-state index in [1.165, 1.54) is 40.7 Å². The molecule has 196 valence electrons. The molecule has 0 aliphatic heterocycles. The molecular formula is C31H26N2O5S. The molecule has 8 heteroatoms. The number of fused-ring (bicyclic) bond motifs is 2. The summed E-state index contributed by atoms with van der Waals surface area (Å²) in [5, 5.41) is 2.74. The van der Waals surface area contributed by atoms with Gasteiger partial charge in [-0.05, 0) is 61.9 Å². The molecule has 1 amide bonds. The second-order valence-electron chi connectivity index (χ2n) is 9.57. The highest BCUT2D eigenvalue weighted by Gasteiger charge is 2.30. The van der Waals surface area contributed by atoms with Crippen LogP contribution in [0.3, 0.4) is 0 Å². The lowest BCUT2D eigenvalue weighted by Gasteiger charge is -2.26. The first-order valence-corrected chi connectivity index (χ1v) is 13.9. The summed E-state index contributed by atoms with van der Waals surface area (Å²) in [6.45, 7) is 3.86. The number of hydrogen-bond acceptors (Lipinski definition) is 5. The minimum absolute atomic E-state index is 0.0836. The van der Waals surface area contributed by atoms with Crippen molar-refractivity contribution in [3.63, 3.8) is 0 Å². The standard InChI is InChI=1S/C31H26N2O5S/c1-20(2)33(19-21-8-4-3-5-9-21)39(37,38)24-15-12-22(13-16-24)31(36)32-23-14-17-27-28(18-23)30(35)26-11-7-6-10-25(26)29(27)34/h3-18,20H,19H2,1-2H3,(H,32,36). The minimum atomic E-state index is -3.81. The fourth-order valence-corrected chi connectivity index (χ4v) is 6.23. The minimum Gasteiger partial charge on any atom is -0.322 e. The van der Waals surface area contributed by atoms with Gasteiger partial charge >= 0.3 is 0 Å². The van der Waals surface area contributed by atoms with Gasteiger partial charge in [-0.1, -0.05) is 54.6 Å². The second kappa shape index (κ2) is 10.4. The van der Waals surface area contributed by atoms with Gasteiger partial charge in [-0.25, -0.2) is 8.42 Å². The number of carbonyl (C=O) groups excluding carboxylic acids is 3. The number of sulfonamides is 1. The Hall–Kier alpha value is -4.40. The van der Waals surface area contributed by atoms with Gasteiger partial charge in [0.1, 0.15) is 0 Å². The van der Waals surface area contributed by atoms with Gasteiger partial charge in [-0.3, -0.25) is 14.4 Å². The third-order valence-corrected chi connectivity index (χ3v) is 8.70. The molecule has 1 aliphatic carbocycles. The Bertz CT molecular complexity index is 1690. The van der Waals surface area contributed by atoms with Crippen molar-refractivity contribution in [1.82, 2.24) is 4.31 Å². The molecule has 0 saturated carbocycles. The maximum absolute atomic E-state index is 13.4. The summed E-state index contributed by atoms with van der Waals surface area (Å²) in [6.07, 6.45) is 0. The van der Waals surface area contributed by atoms with E-state index in [2.05, 4.69) is 5.32 Å². The molecule has 0 aromatic heterocycles. The zero-order valence-electron chi connectivity index (χ0n) is 21.4. The first-order valence-electron chi connectivity index (χ1n) is 12.5. The molecule has 0 bridgehead atoms. The van der Waals surface area contributed by atoms with Gasteiger partial charge in [-0.2, -0.15) is 4.31 Å². The Morgan fingerprint density at radius 1 is 0.744 bits per heavy atom. The first-order chi connectivity index (χ1) is 18.7. The van der Waals surface area contributed by atoms with E-state index in [9.17, 15) is 22.8 Å². The summed E-state index contributed by atoms with van der Waals surface area (Å²) in [6, 6.07) is 26.1. The van der Waals surface area contributed by atoms with E-state index in [0.717, 1.165) is 5.56 Å². The number of nitrogens with zero attached hydrogens (tertiary/aromatic N) is 1. The Balaban J connectivity index is 1.34. The van der Waals surface area contributed by atoms with E-state index >= 15 is 0 Å². The van der Waals surface area contributed by atoms with E-state index in [0.29, 0.717) is 16.8 Å². The molecule has 0 fully saturated rings. The average molecular weight is 539 g/mol. The zero-order valence-corrected chi connectivity index (χ0v) is 22.2. The van der Waals surface area contributed by atoms with Crippen LogP contribution >= 0.6 is 0 Å². The number of hydrogen-bond donors (Lipinski definition) is 1. The van der Waals surface area contributed by atoms with Crippen LogP contribution in [0.15, 0.2) is 102 Å². The van der Waals surface area contributed by atoms with Gasteiger partial charge in [0.15, 0.2) is 11.6 Å². The lowest BCUT2D eigenvalue weighted by atomic mass is 9.84. The lowest BCUT2D eigenvalue weighted by molar-refractivity contribution is 0.0979. The maximum atomic E-state index is 13.4. The van der Waals surface area contributed by atoms with Crippen LogP contribution in [-0.2, 0) is 16.6 Å². The highest BCUT2D eigenvalue weighted by Crippen LogP contribution is 2.29. The molecule has 0 saturated heterocycles. The number of ketones is 2. The largest absolute Gasteiger partial charge is 0.322 e. The van der Waals surface area contributed by atoms with Crippen molar-refractivity contribution in [3.8, 4) is 0 Å². The fourth-order valence-electron chi connectivity index (χ4n) is 4.60. The van der Waals surface area contributed by atoms with E-state index in [1.807, 2.05) is 44.2 Å². The number of anilines is 1. The molecule has 0 atom stereocenters. The summed E-state index contributed by atoms with van der Waals surface area (Å²) in [7, 11) is -3.81. The summed E-state index contributed by atoms with van der Waals surface area (Å²) in [5.74, 6) is -0.993. The quantitative estimate of drug-likeness (QED) is 0.303. The summed E-state index contributed by atoms with van der Waals surface area (Å²) < 4.78 is 28.2. The number of amides is 1. The van der Waals surface area contributed by atoms with Crippen molar-refractivity contribution < 1.29 is 22.8 Å². The number of carbonyl (C=O) groups is 3. The van der Waals surface area contributed by atoms with Crippen molar-refractivity contribution in [1.29, 1.82) is 0 Å². The van der Waals surface area contributed by atoms with Crippen LogP contribution in [-0.4, -0.2) is 36.2 Å². The molecule has 5 rings (SSSR count). The Morgan fingerprint density at radius 2 is 1.31 bits per heavy atom. The summed E-state index contributed by atoms with van der Waals surface area (Å²) >= 11 is 0. The van der Waals surface area contributed by atoms with Gasteiger partial charge in [0.25, 0.3) is 5.91 Å². The summed E-state index contributed by atoms with van der Waals surface area (Å²) in [5.41, 5.74) is 2.68. The highest BCUT2D eigenvalue weighted by atomic mass is 32.2. The SMILES string of the molecule is CC(C)N(Cc1ccccc1)S(=O)(=O)c1ccc(C(=O)Nc2ccc3c(c2)C(=O)c2ccccc2C3=O)cc1. The normalized spacial score (nSPS) is 12.8. The summed E-state index contributed by atoms with van der Waals surface area (Å²) in [4.78, 5) is 38.8. The fraction of sp³-hybridized carbons (Fsp3) is 0.129. The lowest BCUT2D eigenvalue weighted by Crippen LogP contribution is -2.36. The third-order valence-electron chi connectivity index (χ3n) is 6.66. The Labute approximate surface area is 227 Å². The van der Waals surface area contributed by atoms with Gasteiger partial charge in [0, 0.05) is 46.1 Å². The van der Waals surface area contributed by atoms with Crippen LogP contribution < -0.4 is 5.32 Å². The van der Waals surface area contributed by atoms with Crippen molar-refractivity contribution >= 4 is 33.2 Å². The van der Waals surface area contributed by atoms with Gasteiger partial charge < -0.3 is 5.32 Å². The molecule has 0 spiro atoms. The van der Waals surface area contributed by atoms with E-state index in [-0.39, 0.29) is 45.7 Å². The van der Waals surface area contributed by atoms with Gasteiger partial charge in [-0.15, -0.1) is 0 Å². The molecule has 7 nitrogen and oxygen atoms in total. The Kier molecular flexibility index (Phi) is 6.99. The molecule has 0 unspecified atom stereocenters. The van der Waals surface area contributed by atoms with Crippen molar-refractivity contribution in [2.24, 2.45) is 0 Å². The number of nitrogens with one attached hydrogen (secondary N) is 1. The van der Waals surface area contributed by atoms with Crippen molar-refractivity contribution in [2.75, 3.05) is 5.32 Å². The molecular weight excluding hydrogens is 512 g/mol. The smallest absolute Gasteiger partial charge is 0.255 e. The van der Waals surface area contributed by atoms with Gasteiger partial charge in [0.2, 0.25) is 10.0 Å². The van der Waals surface area contributed by atoms with Crippen LogP contribution in [0.25, 0.3) is 0 Å². The highest BCUT2D eigenvalue weighted by molar-refractivity contribution is 7.89. The molecule has 0 radical (unpaired) electrons. The number of benzene rings is 4. The van der Waals surface area contributed by atoms with Crippen LogP contribution in [0.2, 0.25) is 0 Å².